The van der Waals surface area contributed by atoms with Gasteiger partial charge in [-0.25, -0.2) is 0 Å². The SMILES string of the molecule is O=[N+]([O-])c1ccc(N2CSc3ccccc32)c([N+](=O)[O-])c1. The number of nitrogens with zero attached hydrogens (tertiary/aromatic N) is 3. The van der Waals surface area contributed by atoms with Crippen LogP contribution in [0.4, 0.5) is 22.7 Å². The Hall–Kier alpha value is -2.61. The maximum atomic E-state index is 11.2. The molecule has 0 saturated carbocycles. The number of anilines is 2. The van der Waals surface area contributed by atoms with Gasteiger partial charge in [-0.1, -0.05) is 12.1 Å². The van der Waals surface area contributed by atoms with Crippen molar-refractivity contribution < 1.29 is 9.85 Å². The molecule has 2 aromatic carbocycles. The quantitative estimate of drug-likeness (QED) is 0.634. The van der Waals surface area contributed by atoms with Gasteiger partial charge in [0.05, 0.1) is 27.5 Å². The zero-order valence-electron chi connectivity index (χ0n) is 10.6. The lowest BCUT2D eigenvalue weighted by Gasteiger charge is -2.18. The van der Waals surface area contributed by atoms with E-state index in [4.69, 9.17) is 0 Å². The topological polar surface area (TPSA) is 89.5 Å². The Balaban J connectivity index is 2.11. The van der Waals surface area contributed by atoms with Crippen molar-refractivity contribution in [3.05, 3.63) is 62.7 Å². The van der Waals surface area contributed by atoms with Crippen molar-refractivity contribution in [2.75, 3.05) is 10.8 Å². The molecule has 0 spiro atoms. The third kappa shape index (κ3) is 2.29. The third-order valence-corrected chi connectivity index (χ3v) is 4.21. The normalized spacial score (nSPS) is 13.0. The number of nitro benzene ring substituents is 2. The number of fused-ring (bicyclic) bond motifs is 1. The average molecular weight is 303 g/mol. The van der Waals surface area contributed by atoms with Crippen LogP contribution in [0.5, 0.6) is 0 Å². The number of thioether (sulfide) groups is 1. The number of non-ortho nitro benzene ring substituents is 1. The van der Waals surface area contributed by atoms with Gasteiger partial charge in [-0.2, -0.15) is 0 Å². The first-order valence-electron chi connectivity index (χ1n) is 6.00. The average Bonchev–Trinajstić information content (AvgIpc) is 2.90. The Morgan fingerprint density at radius 3 is 2.48 bits per heavy atom. The number of para-hydroxylation sites is 1. The number of nitro groups is 2. The van der Waals surface area contributed by atoms with E-state index in [0.29, 0.717) is 11.6 Å². The maximum absolute atomic E-state index is 11.2. The van der Waals surface area contributed by atoms with Crippen LogP contribution in [0.2, 0.25) is 0 Å². The fourth-order valence-corrected chi connectivity index (χ4v) is 3.25. The first-order chi connectivity index (χ1) is 10.1. The number of hydrogen-bond acceptors (Lipinski definition) is 6. The first kappa shape index (κ1) is 13.4. The Morgan fingerprint density at radius 2 is 1.76 bits per heavy atom. The van der Waals surface area contributed by atoms with Crippen LogP contribution in [-0.4, -0.2) is 15.7 Å². The molecule has 1 heterocycles. The Bertz CT molecular complexity index is 750. The summed E-state index contributed by atoms with van der Waals surface area (Å²) in [5.41, 5.74) is 0.689. The minimum absolute atomic E-state index is 0.262. The van der Waals surface area contributed by atoms with Crippen LogP contribution in [0.15, 0.2) is 47.4 Å². The summed E-state index contributed by atoms with van der Waals surface area (Å²) in [6.45, 7) is 0. The van der Waals surface area contributed by atoms with E-state index in [1.807, 2.05) is 24.3 Å². The van der Waals surface area contributed by atoms with Gasteiger partial charge in [0.25, 0.3) is 11.4 Å². The van der Waals surface area contributed by atoms with E-state index < -0.39 is 9.85 Å². The zero-order chi connectivity index (χ0) is 15.0. The Morgan fingerprint density at radius 1 is 1.00 bits per heavy atom. The summed E-state index contributed by atoms with van der Waals surface area (Å²) in [6, 6.07) is 11.3. The van der Waals surface area contributed by atoms with E-state index in [-0.39, 0.29) is 11.4 Å². The molecule has 0 unspecified atom stereocenters. The molecule has 0 bridgehead atoms. The van der Waals surface area contributed by atoms with Crippen LogP contribution in [0.3, 0.4) is 0 Å². The second-order valence-corrected chi connectivity index (χ2v) is 5.34. The fraction of sp³-hybridized carbons (Fsp3) is 0.0769. The lowest BCUT2D eigenvalue weighted by molar-refractivity contribution is -0.393. The van der Waals surface area contributed by atoms with Gasteiger partial charge in [0.15, 0.2) is 0 Å². The molecule has 1 aliphatic rings. The van der Waals surface area contributed by atoms with Gasteiger partial charge >= 0.3 is 0 Å². The Kier molecular flexibility index (Phi) is 3.22. The van der Waals surface area contributed by atoms with Gasteiger partial charge in [0.1, 0.15) is 5.69 Å². The molecule has 0 saturated heterocycles. The molecular formula is C13H9N3O4S. The van der Waals surface area contributed by atoms with Gasteiger partial charge < -0.3 is 4.90 Å². The number of hydrogen-bond donors (Lipinski definition) is 0. The summed E-state index contributed by atoms with van der Waals surface area (Å²) in [5, 5.41) is 22.0. The molecule has 0 N–H and O–H groups in total. The molecule has 7 nitrogen and oxygen atoms in total. The molecule has 106 valence electrons. The van der Waals surface area contributed by atoms with Crippen molar-refractivity contribution in [1.82, 2.24) is 0 Å². The highest BCUT2D eigenvalue weighted by Gasteiger charge is 2.28. The van der Waals surface area contributed by atoms with Crippen molar-refractivity contribution in [2.45, 2.75) is 4.90 Å². The molecule has 1 aliphatic heterocycles. The van der Waals surface area contributed by atoms with Gasteiger partial charge in [-0.3, -0.25) is 20.2 Å². The largest absolute Gasteiger partial charge is 0.325 e. The van der Waals surface area contributed by atoms with Crippen molar-refractivity contribution in [2.24, 2.45) is 0 Å². The van der Waals surface area contributed by atoms with Gasteiger partial charge in [0, 0.05) is 11.0 Å². The van der Waals surface area contributed by atoms with Crippen LogP contribution in [0.25, 0.3) is 0 Å². The molecule has 21 heavy (non-hydrogen) atoms. The predicted molar refractivity (Wildman–Crippen MR) is 79.1 cm³/mol. The molecule has 2 aromatic rings. The minimum atomic E-state index is -0.635. The second-order valence-electron chi connectivity index (χ2n) is 4.36. The lowest BCUT2D eigenvalue weighted by Crippen LogP contribution is -2.13. The van der Waals surface area contributed by atoms with Gasteiger partial charge in [-0.05, 0) is 18.2 Å². The summed E-state index contributed by atoms with van der Waals surface area (Å²) in [7, 11) is 0. The molecule has 0 aliphatic carbocycles. The Labute approximate surface area is 123 Å². The smallest absolute Gasteiger partial charge is 0.299 e. The summed E-state index contributed by atoms with van der Waals surface area (Å²) < 4.78 is 0. The summed E-state index contributed by atoms with van der Waals surface area (Å²) in [5.74, 6) is 0.540. The minimum Gasteiger partial charge on any atom is -0.325 e. The van der Waals surface area contributed by atoms with E-state index in [1.54, 1.807) is 16.7 Å². The van der Waals surface area contributed by atoms with Crippen LogP contribution < -0.4 is 4.90 Å². The fourth-order valence-electron chi connectivity index (χ4n) is 2.21. The van der Waals surface area contributed by atoms with Crippen LogP contribution in [0, 0.1) is 20.2 Å². The highest BCUT2D eigenvalue weighted by atomic mass is 32.2. The number of benzene rings is 2. The maximum Gasteiger partial charge on any atom is 0.299 e. The van der Waals surface area contributed by atoms with Crippen LogP contribution in [-0.2, 0) is 0 Å². The van der Waals surface area contributed by atoms with Crippen molar-refractivity contribution >= 4 is 34.5 Å². The van der Waals surface area contributed by atoms with E-state index in [0.717, 1.165) is 16.6 Å². The van der Waals surface area contributed by atoms with E-state index in [2.05, 4.69) is 0 Å². The highest BCUT2D eigenvalue weighted by Crippen LogP contribution is 2.45. The predicted octanol–water partition coefficient (Wildman–Crippen LogP) is 3.70. The standard InChI is InChI=1S/C13H9N3O4S/c17-15(18)9-5-6-10(12(7-9)16(19)20)14-8-21-13-4-2-1-3-11(13)14/h1-7H,8H2. The van der Waals surface area contributed by atoms with E-state index in [1.165, 1.54) is 12.1 Å². The van der Waals surface area contributed by atoms with Crippen molar-refractivity contribution in [1.29, 1.82) is 0 Å². The summed E-state index contributed by atoms with van der Waals surface area (Å²) >= 11 is 1.57. The second kappa shape index (κ2) is 5.06. The number of rotatable bonds is 3. The van der Waals surface area contributed by atoms with Gasteiger partial charge in [-0.15, -0.1) is 11.8 Å². The summed E-state index contributed by atoms with van der Waals surface area (Å²) in [4.78, 5) is 23.6. The van der Waals surface area contributed by atoms with Gasteiger partial charge in [0.2, 0.25) is 0 Å². The van der Waals surface area contributed by atoms with Crippen molar-refractivity contribution in [3.63, 3.8) is 0 Å². The lowest BCUT2D eigenvalue weighted by atomic mass is 10.2. The molecule has 0 amide bonds. The molecule has 8 heteroatoms. The molecule has 3 rings (SSSR count). The van der Waals surface area contributed by atoms with Crippen molar-refractivity contribution in [3.8, 4) is 0 Å². The van der Waals surface area contributed by atoms with E-state index >= 15 is 0 Å². The molecule has 0 fully saturated rings. The summed E-state index contributed by atoms with van der Waals surface area (Å²) in [6.07, 6.45) is 0. The monoisotopic (exact) mass is 303 g/mol. The molecule has 0 aromatic heterocycles. The molecule has 0 radical (unpaired) electrons. The third-order valence-electron chi connectivity index (χ3n) is 3.16. The highest BCUT2D eigenvalue weighted by molar-refractivity contribution is 7.99. The van der Waals surface area contributed by atoms with E-state index in [9.17, 15) is 20.2 Å². The molecular weight excluding hydrogens is 294 g/mol. The van der Waals surface area contributed by atoms with Crippen LogP contribution in [0.1, 0.15) is 0 Å². The first-order valence-corrected chi connectivity index (χ1v) is 6.98. The zero-order valence-corrected chi connectivity index (χ0v) is 11.4. The van der Waals surface area contributed by atoms with Crippen LogP contribution >= 0.6 is 11.8 Å². The molecule has 0 atom stereocenters.